The van der Waals surface area contributed by atoms with Crippen LogP contribution in [0.5, 0.6) is 0 Å². The average molecular weight is 266 g/mol. The van der Waals surface area contributed by atoms with Gasteiger partial charge in [-0.2, -0.15) is 0 Å². The predicted molar refractivity (Wildman–Crippen MR) is 65.7 cm³/mol. The molecule has 2 N–H and O–H groups in total. The number of amides is 1. The van der Waals surface area contributed by atoms with Crippen molar-refractivity contribution in [2.24, 2.45) is 0 Å². The van der Waals surface area contributed by atoms with Crippen LogP contribution in [0.1, 0.15) is 17.5 Å². The van der Waals surface area contributed by atoms with Crippen LogP contribution >= 0.6 is 0 Å². The molecule has 0 saturated carbocycles. The standard InChI is InChI=1S/C12H14N2O3S/c1-8-2-3-10-9(6-8)12(4-5-18(10,16)17)11(15)13-7-14-12/h2-3,6,14H,4-5,7H2,1H3,(H,13,15). The smallest absolute Gasteiger partial charge is 0.246 e. The van der Waals surface area contributed by atoms with Crippen molar-refractivity contribution in [1.82, 2.24) is 10.6 Å². The van der Waals surface area contributed by atoms with Crippen LogP contribution in [0.2, 0.25) is 0 Å². The second kappa shape index (κ2) is 3.55. The van der Waals surface area contributed by atoms with Gasteiger partial charge in [0.05, 0.1) is 17.3 Å². The summed E-state index contributed by atoms with van der Waals surface area (Å²) < 4.78 is 24.1. The molecule has 1 spiro atoms. The Kier molecular flexibility index (Phi) is 2.30. The van der Waals surface area contributed by atoms with Crippen LogP contribution in [0.4, 0.5) is 0 Å². The fourth-order valence-corrected chi connectivity index (χ4v) is 4.35. The van der Waals surface area contributed by atoms with E-state index in [1.165, 1.54) is 0 Å². The normalized spacial score (nSPS) is 29.1. The Hall–Kier alpha value is -1.40. The molecule has 1 saturated heterocycles. The number of aryl methyl sites for hydroxylation is 1. The lowest BCUT2D eigenvalue weighted by molar-refractivity contribution is -0.124. The third-order valence-electron chi connectivity index (χ3n) is 3.70. The van der Waals surface area contributed by atoms with Crippen LogP contribution in [-0.4, -0.2) is 26.7 Å². The number of sulfone groups is 1. The molecule has 1 unspecified atom stereocenters. The molecular weight excluding hydrogens is 252 g/mol. The monoisotopic (exact) mass is 266 g/mol. The molecule has 2 aliphatic rings. The van der Waals surface area contributed by atoms with E-state index in [9.17, 15) is 13.2 Å². The first-order chi connectivity index (χ1) is 8.46. The van der Waals surface area contributed by atoms with E-state index in [0.29, 0.717) is 12.2 Å². The fourth-order valence-electron chi connectivity index (χ4n) is 2.71. The van der Waals surface area contributed by atoms with Gasteiger partial charge in [0.15, 0.2) is 9.84 Å². The molecule has 5 nitrogen and oxygen atoms in total. The van der Waals surface area contributed by atoms with Gasteiger partial charge >= 0.3 is 0 Å². The first-order valence-electron chi connectivity index (χ1n) is 5.83. The lowest BCUT2D eigenvalue weighted by atomic mass is 9.86. The van der Waals surface area contributed by atoms with Gasteiger partial charge in [-0.3, -0.25) is 10.1 Å². The highest BCUT2D eigenvalue weighted by Gasteiger charge is 2.49. The Labute approximate surface area is 105 Å². The van der Waals surface area contributed by atoms with E-state index in [0.717, 1.165) is 5.56 Å². The third-order valence-corrected chi connectivity index (χ3v) is 5.47. The molecule has 96 valence electrons. The van der Waals surface area contributed by atoms with Gasteiger partial charge in [0.1, 0.15) is 5.54 Å². The summed E-state index contributed by atoms with van der Waals surface area (Å²) in [7, 11) is -3.27. The maximum absolute atomic E-state index is 12.1. The summed E-state index contributed by atoms with van der Waals surface area (Å²) in [6.45, 7) is 2.27. The fraction of sp³-hybridized carbons (Fsp3) is 0.417. The zero-order chi connectivity index (χ0) is 13.0. The number of hydrogen-bond donors (Lipinski definition) is 2. The molecule has 0 aromatic heterocycles. The van der Waals surface area contributed by atoms with E-state index in [2.05, 4.69) is 10.6 Å². The minimum atomic E-state index is -3.27. The van der Waals surface area contributed by atoms with Crippen LogP contribution in [-0.2, 0) is 20.2 Å². The zero-order valence-corrected chi connectivity index (χ0v) is 10.8. The number of rotatable bonds is 0. The van der Waals surface area contributed by atoms with Gasteiger partial charge in [0.2, 0.25) is 5.91 Å². The first-order valence-corrected chi connectivity index (χ1v) is 7.48. The average Bonchev–Trinajstić information content (AvgIpc) is 2.67. The summed E-state index contributed by atoms with van der Waals surface area (Å²) in [5.41, 5.74) is 0.669. The van der Waals surface area contributed by atoms with Crippen molar-refractivity contribution in [2.45, 2.75) is 23.8 Å². The quantitative estimate of drug-likeness (QED) is 0.695. The summed E-state index contributed by atoms with van der Waals surface area (Å²) >= 11 is 0. The summed E-state index contributed by atoms with van der Waals surface area (Å²) in [4.78, 5) is 12.3. The van der Waals surface area contributed by atoms with E-state index < -0.39 is 15.4 Å². The molecule has 0 bridgehead atoms. The largest absolute Gasteiger partial charge is 0.342 e. The molecule has 0 aliphatic carbocycles. The Bertz CT molecular complexity index is 639. The van der Waals surface area contributed by atoms with Crippen LogP contribution in [0.25, 0.3) is 0 Å². The summed E-state index contributed by atoms with van der Waals surface area (Å²) in [5, 5.41) is 5.84. The molecule has 1 amide bonds. The van der Waals surface area contributed by atoms with Gasteiger partial charge in [-0.15, -0.1) is 0 Å². The van der Waals surface area contributed by atoms with E-state index in [4.69, 9.17) is 0 Å². The molecule has 1 aromatic carbocycles. The highest BCUT2D eigenvalue weighted by atomic mass is 32.2. The molecule has 2 aliphatic heterocycles. The van der Waals surface area contributed by atoms with E-state index in [1.807, 2.05) is 6.92 Å². The number of benzene rings is 1. The molecule has 18 heavy (non-hydrogen) atoms. The molecule has 3 rings (SSSR count). The SMILES string of the molecule is Cc1ccc2c(c1)C1(CCS2(=O)=O)NCNC1=O. The number of carbonyl (C=O) groups is 1. The highest BCUT2D eigenvalue weighted by Crippen LogP contribution is 2.38. The predicted octanol–water partition coefficient (Wildman–Crippen LogP) is 0.0446. The molecular formula is C12H14N2O3S. The van der Waals surface area contributed by atoms with Gasteiger partial charge in [0.25, 0.3) is 0 Å². The van der Waals surface area contributed by atoms with E-state index >= 15 is 0 Å². The number of hydrogen-bond acceptors (Lipinski definition) is 4. The zero-order valence-electron chi connectivity index (χ0n) is 9.99. The van der Waals surface area contributed by atoms with E-state index in [1.54, 1.807) is 18.2 Å². The van der Waals surface area contributed by atoms with Crippen LogP contribution < -0.4 is 10.6 Å². The van der Waals surface area contributed by atoms with Crippen LogP contribution in [0, 0.1) is 6.92 Å². The second-order valence-corrected chi connectivity index (χ2v) is 6.91. The number of fused-ring (bicyclic) bond motifs is 2. The van der Waals surface area contributed by atoms with Gasteiger partial charge in [-0.05, 0) is 19.4 Å². The third kappa shape index (κ3) is 1.42. The molecule has 1 atom stereocenters. The van der Waals surface area contributed by atoms with Crippen molar-refractivity contribution in [1.29, 1.82) is 0 Å². The van der Waals surface area contributed by atoms with E-state index in [-0.39, 0.29) is 23.0 Å². The molecule has 2 heterocycles. The maximum Gasteiger partial charge on any atom is 0.246 e. The number of nitrogens with one attached hydrogen (secondary N) is 2. The molecule has 6 heteroatoms. The lowest BCUT2D eigenvalue weighted by Crippen LogP contribution is -2.48. The van der Waals surface area contributed by atoms with Gasteiger partial charge in [-0.25, -0.2) is 8.42 Å². The Morgan fingerprint density at radius 2 is 2.11 bits per heavy atom. The van der Waals surface area contributed by atoms with Crippen molar-refractivity contribution in [2.75, 3.05) is 12.4 Å². The van der Waals surface area contributed by atoms with Gasteiger partial charge in [0, 0.05) is 5.56 Å². The van der Waals surface area contributed by atoms with Crippen molar-refractivity contribution >= 4 is 15.7 Å². The minimum absolute atomic E-state index is 0.00345. The van der Waals surface area contributed by atoms with Gasteiger partial charge < -0.3 is 5.32 Å². The second-order valence-electron chi connectivity index (χ2n) is 4.83. The van der Waals surface area contributed by atoms with Gasteiger partial charge in [-0.1, -0.05) is 17.7 Å². The summed E-state index contributed by atoms with van der Waals surface area (Å²) in [6.07, 6.45) is 0.289. The number of carbonyl (C=O) groups excluding carboxylic acids is 1. The Morgan fingerprint density at radius 1 is 1.33 bits per heavy atom. The first kappa shape index (κ1) is 11.7. The van der Waals surface area contributed by atoms with Crippen molar-refractivity contribution in [3.05, 3.63) is 29.3 Å². The van der Waals surface area contributed by atoms with Crippen molar-refractivity contribution in [3.8, 4) is 0 Å². The maximum atomic E-state index is 12.1. The van der Waals surface area contributed by atoms with Crippen molar-refractivity contribution < 1.29 is 13.2 Å². The molecule has 1 fully saturated rings. The van der Waals surface area contributed by atoms with Crippen LogP contribution in [0.3, 0.4) is 0 Å². The van der Waals surface area contributed by atoms with Crippen LogP contribution in [0.15, 0.2) is 23.1 Å². The Balaban J connectivity index is 2.30. The highest BCUT2D eigenvalue weighted by molar-refractivity contribution is 7.91. The molecule has 1 aromatic rings. The lowest BCUT2D eigenvalue weighted by Gasteiger charge is -2.33. The summed E-state index contributed by atoms with van der Waals surface area (Å²) in [5.74, 6) is -0.132. The summed E-state index contributed by atoms with van der Waals surface area (Å²) in [6, 6.07) is 5.17. The minimum Gasteiger partial charge on any atom is -0.342 e. The Morgan fingerprint density at radius 3 is 2.78 bits per heavy atom. The molecule has 0 radical (unpaired) electrons. The van der Waals surface area contributed by atoms with Crippen molar-refractivity contribution in [3.63, 3.8) is 0 Å². The topological polar surface area (TPSA) is 75.3 Å².